The van der Waals surface area contributed by atoms with Crippen molar-refractivity contribution in [1.29, 1.82) is 0 Å². The number of ether oxygens (including phenoxy) is 3. The van der Waals surface area contributed by atoms with Crippen molar-refractivity contribution in [3.05, 3.63) is 59.7 Å². The molecule has 3 rings (SSSR count). The Morgan fingerprint density at radius 3 is 2.39 bits per heavy atom. The summed E-state index contributed by atoms with van der Waals surface area (Å²) in [7, 11) is 1.27. The van der Waals surface area contributed by atoms with Crippen LogP contribution in [0.2, 0.25) is 0 Å². The van der Waals surface area contributed by atoms with Crippen molar-refractivity contribution in [2.24, 2.45) is 0 Å². The Morgan fingerprint density at radius 2 is 1.77 bits per heavy atom. The zero-order chi connectivity index (χ0) is 22.4. The molecule has 2 aromatic carbocycles. The van der Waals surface area contributed by atoms with Gasteiger partial charge in [0.2, 0.25) is 0 Å². The maximum absolute atomic E-state index is 13.2. The zero-order valence-corrected chi connectivity index (χ0v) is 16.7. The van der Waals surface area contributed by atoms with Crippen LogP contribution < -0.4 is 9.64 Å². The molecule has 1 heterocycles. The Labute approximate surface area is 176 Å². The first-order valence-corrected chi connectivity index (χ1v) is 9.44. The van der Waals surface area contributed by atoms with Crippen LogP contribution in [-0.4, -0.2) is 56.7 Å². The summed E-state index contributed by atoms with van der Waals surface area (Å²) in [5.74, 6) is -0.921. The molecule has 0 radical (unpaired) electrons. The number of methoxy groups -OCH3 is 1. The Hall–Kier alpha value is -3.27. The molecule has 1 aliphatic heterocycles. The Morgan fingerprint density at radius 1 is 1.10 bits per heavy atom. The highest BCUT2D eigenvalue weighted by molar-refractivity contribution is 5.92. The Kier molecular flexibility index (Phi) is 7.01. The van der Waals surface area contributed by atoms with E-state index < -0.39 is 18.1 Å². The molecule has 1 aliphatic rings. The fraction of sp³-hybridized carbons (Fsp3) is 0.333. The van der Waals surface area contributed by atoms with Gasteiger partial charge in [0.25, 0.3) is 0 Å². The summed E-state index contributed by atoms with van der Waals surface area (Å²) in [5, 5.41) is 0. The van der Waals surface area contributed by atoms with Gasteiger partial charge in [0.1, 0.15) is 5.75 Å². The lowest BCUT2D eigenvalue weighted by Gasteiger charge is -2.33. The third-order valence-corrected chi connectivity index (χ3v) is 4.59. The lowest BCUT2D eigenvalue weighted by Crippen LogP contribution is -2.48. The quantitative estimate of drug-likeness (QED) is 0.664. The van der Waals surface area contributed by atoms with E-state index in [0.717, 1.165) is 6.07 Å². The third-order valence-electron chi connectivity index (χ3n) is 4.59. The number of carbonyl (C=O) groups is 2. The minimum absolute atomic E-state index is 0.0765. The smallest absolute Gasteiger partial charge is 0.465 e. The normalized spacial score (nSPS) is 14.1. The van der Waals surface area contributed by atoms with E-state index in [2.05, 4.69) is 9.47 Å². The maximum Gasteiger partial charge on any atom is 0.573 e. The molecule has 0 saturated carbocycles. The number of carbonyl (C=O) groups excluding carboxylic acids is 2. The maximum atomic E-state index is 13.2. The van der Waals surface area contributed by atoms with Gasteiger partial charge in [0.15, 0.2) is 0 Å². The molecule has 10 heteroatoms. The van der Waals surface area contributed by atoms with Crippen LogP contribution in [0.1, 0.15) is 15.9 Å². The van der Waals surface area contributed by atoms with Crippen molar-refractivity contribution in [2.75, 3.05) is 38.3 Å². The van der Waals surface area contributed by atoms with E-state index in [1.807, 2.05) is 0 Å². The van der Waals surface area contributed by atoms with Gasteiger partial charge in [0.05, 0.1) is 32.4 Å². The summed E-state index contributed by atoms with van der Waals surface area (Å²) in [4.78, 5) is 27.7. The number of morpholine rings is 1. The van der Waals surface area contributed by atoms with E-state index in [4.69, 9.17) is 4.74 Å². The Balaban J connectivity index is 1.89. The largest absolute Gasteiger partial charge is 0.573 e. The fourth-order valence-corrected chi connectivity index (χ4v) is 3.09. The predicted octanol–water partition coefficient (Wildman–Crippen LogP) is 3.83. The number of anilines is 1. The minimum Gasteiger partial charge on any atom is -0.465 e. The highest BCUT2D eigenvalue weighted by Gasteiger charge is 2.32. The van der Waals surface area contributed by atoms with Gasteiger partial charge in [-0.25, -0.2) is 9.59 Å². The van der Waals surface area contributed by atoms with Gasteiger partial charge >= 0.3 is 18.4 Å². The number of alkyl halides is 3. The van der Waals surface area contributed by atoms with Crippen LogP contribution in [0.25, 0.3) is 0 Å². The van der Waals surface area contributed by atoms with E-state index in [9.17, 15) is 22.8 Å². The van der Waals surface area contributed by atoms with Gasteiger partial charge in [0, 0.05) is 24.8 Å². The summed E-state index contributed by atoms with van der Waals surface area (Å²) in [6.07, 6.45) is -4.85. The number of rotatable bonds is 5. The van der Waals surface area contributed by atoms with Crippen molar-refractivity contribution in [2.45, 2.75) is 12.9 Å². The SMILES string of the molecule is COC(=O)c1ccc(CN(C(=O)N2CCOCC2)c2cccc(OC(F)(F)F)c2)cc1. The number of halogens is 3. The first-order chi connectivity index (χ1) is 14.8. The molecule has 0 bridgehead atoms. The number of nitrogens with zero attached hydrogens (tertiary/aromatic N) is 2. The Bertz CT molecular complexity index is 912. The molecule has 2 amide bonds. The van der Waals surface area contributed by atoms with Crippen LogP contribution in [0, 0.1) is 0 Å². The van der Waals surface area contributed by atoms with Crippen LogP contribution in [-0.2, 0) is 16.0 Å². The van der Waals surface area contributed by atoms with Gasteiger partial charge in [-0.05, 0) is 29.8 Å². The van der Waals surface area contributed by atoms with Gasteiger partial charge in [-0.15, -0.1) is 13.2 Å². The average Bonchev–Trinajstić information content (AvgIpc) is 2.76. The van der Waals surface area contributed by atoms with E-state index in [1.54, 1.807) is 29.2 Å². The van der Waals surface area contributed by atoms with Crippen molar-refractivity contribution in [1.82, 2.24) is 4.90 Å². The summed E-state index contributed by atoms with van der Waals surface area (Å²) < 4.78 is 51.9. The molecule has 2 aromatic rings. The topological polar surface area (TPSA) is 68.3 Å². The second-order valence-electron chi connectivity index (χ2n) is 6.70. The summed E-state index contributed by atoms with van der Waals surface area (Å²) in [5.41, 5.74) is 1.27. The highest BCUT2D eigenvalue weighted by atomic mass is 19.4. The standard InChI is InChI=1S/C21H21F3N2O5/c1-29-19(27)16-7-5-15(6-8-16)14-26(20(28)25-9-11-30-12-10-25)17-3-2-4-18(13-17)31-21(22,23)24/h2-8,13H,9-12,14H2,1H3. The van der Waals surface area contributed by atoms with Gasteiger partial charge in [-0.1, -0.05) is 18.2 Å². The number of benzene rings is 2. The molecule has 0 aromatic heterocycles. The molecule has 0 N–H and O–H groups in total. The van der Waals surface area contributed by atoms with Gasteiger partial charge < -0.3 is 19.1 Å². The lowest BCUT2D eigenvalue weighted by molar-refractivity contribution is -0.274. The molecule has 7 nitrogen and oxygen atoms in total. The molecule has 31 heavy (non-hydrogen) atoms. The van der Waals surface area contributed by atoms with Crippen LogP contribution in [0.4, 0.5) is 23.7 Å². The first-order valence-electron chi connectivity index (χ1n) is 9.44. The summed E-state index contributed by atoms with van der Waals surface area (Å²) >= 11 is 0. The molecule has 1 saturated heterocycles. The number of esters is 1. The van der Waals surface area contributed by atoms with Gasteiger partial charge in [-0.2, -0.15) is 0 Å². The molecular formula is C21H21F3N2O5. The molecule has 0 atom stereocenters. The molecule has 0 unspecified atom stereocenters. The van der Waals surface area contributed by atoms with Crippen LogP contribution >= 0.6 is 0 Å². The molecule has 1 fully saturated rings. The van der Waals surface area contributed by atoms with Crippen LogP contribution in [0.15, 0.2) is 48.5 Å². The van der Waals surface area contributed by atoms with Crippen LogP contribution in [0.5, 0.6) is 5.75 Å². The molecule has 0 spiro atoms. The lowest BCUT2D eigenvalue weighted by atomic mass is 10.1. The monoisotopic (exact) mass is 438 g/mol. The molecule has 0 aliphatic carbocycles. The van der Waals surface area contributed by atoms with Gasteiger partial charge in [-0.3, -0.25) is 4.90 Å². The summed E-state index contributed by atoms with van der Waals surface area (Å²) in [6, 6.07) is 11.3. The average molecular weight is 438 g/mol. The third kappa shape index (κ3) is 6.11. The fourth-order valence-electron chi connectivity index (χ4n) is 3.09. The number of hydrogen-bond donors (Lipinski definition) is 0. The number of amides is 2. The van der Waals surface area contributed by atoms with E-state index in [1.165, 1.54) is 30.2 Å². The van der Waals surface area contributed by atoms with E-state index >= 15 is 0 Å². The number of urea groups is 1. The van der Waals surface area contributed by atoms with Crippen molar-refractivity contribution in [3.63, 3.8) is 0 Å². The molecular weight excluding hydrogens is 417 g/mol. The zero-order valence-electron chi connectivity index (χ0n) is 16.7. The first kappa shape index (κ1) is 22.4. The van der Waals surface area contributed by atoms with Crippen molar-refractivity contribution < 1.29 is 37.0 Å². The van der Waals surface area contributed by atoms with Crippen LogP contribution in [0.3, 0.4) is 0 Å². The van der Waals surface area contributed by atoms with Crippen molar-refractivity contribution >= 4 is 17.7 Å². The second-order valence-corrected chi connectivity index (χ2v) is 6.70. The molecule has 166 valence electrons. The number of hydrogen-bond acceptors (Lipinski definition) is 5. The van der Waals surface area contributed by atoms with E-state index in [0.29, 0.717) is 37.4 Å². The van der Waals surface area contributed by atoms with E-state index in [-0.39, 0.29) is 18.3 Å². The second kappa shape index (κ2) is 9.69. The summed E-state index contributed by atoms with van der Waals surface area (Å²) in [6.45, 7) is 1.58. The minimum atomic E-state index is -4.85. The van der Waals surface area contributed by atoms with Crippen molar-refractivity contribution in [3.8, 4) is 5.75 Å². The highest BCUT2D eigenvalue weighted by Crippen LogP contribution is 2.28. The predicted molar refractivity (Wildman–Crippen MR) is 105 cm³/mol.